The van der Waals surface area contributed by atoms with Crippen molar-refractivity contribution in [3.63, 3.8) is 0 Å². The fraction of sp³-hybridized carbons (Fsp3) is 1.00. The molecular weight excluding hydrogens is 745 g/mol. The second-order valence-electron chi connectivity index (χ2n) is 28.8. The average Bonchev–Trinajstić information content (AvgIpc) is 3.26. The first-order valence-corrected chi connectivity index (χ1v) is 29.2. The summed E-state index contributed by atoms with van der Waals surface area (Å²) in [5.74, 6) is 21.3. The van der Waals surface area contributed by atoms with Gasteiger partial charge in [0, 0.05) is 0 Å². The van der Waals surface area contributed by atoms with Crippen molar-refractivity contribution in [1.29, 1.82) is 0 Å². The zero-order valence-electron chi connectivity index (χ0n) is 45.2. The highest BCUT2D eigenvalue weighted by Crippen LogP contribution is 3.06. The highest BCUT2D eigenvalue weighted by Gasteiger charge is 3.03. The normalized spacial score (nSPS) is 43.2. The van der Waals surface area contributed by atoms with Gasteiger partial charge in [-0.2, -0.15) is 0 Å². The Hall–Kier alpha value is 0. The molecule has 0 aromatic rings. The Morgan fingerprint density at radius 1 is 0.371 bits per heavy atom. The lowest BCUT2D eigenvalue weighted by Crippen LogP contribution is -3.05. The van der Waals surface area contributed by atoms with Crippen LogP contribution in [0.2, 0.25) is 0 Å². The third-order valence-electron chi connectivity index (χ3n) is 26.2. The molecular formula is C62H110. The van der Waals surface area contributed by atoms with Crippen molar-refractivity contribution in [2.24, 2.45) is 139 Å². The first-order chi connectivity index (χ1) is 29.2. The molecule has 0 radical (unpaired) electrons. The van der Waals surface area contributed by atoms with E-state index in [0.29, 0.717) is 32.5 Å². The molecule has 0 amide bonds. The van der Waals surface area contributed by atoms with Crippen LogP contribution in [0.25, 0.3) is 0 Å². The highest BCUT2D eigenvalue weighted by atomic mass is 15.1. The maximum absolute atomic E-state index is 2.71. The molecule has 12 rings (SSSR count). The van der Waals surface area contributed by atoms with Crippen LogP contribution in [-0.2, 0) is 0 Å². The minimum Gasteiger partial charge on any atom is -0.0654 e. The summed E-state index contributed by atoms with van der Waals surface area (Å²) in [6, 6.07) is 0. The van der Waals surface area contributed by atoms with Crippen LogP contribution in [0, 0.1) is 139 Å². The van der Waals surface area contributed by atoms with E-state index in [0.717, 1.165) is 17.3 Å². The van der Waals surface area contributed by atoms with Gasteiger partial charge >= 0.3 is 0 Å². The second kappa shape index (κ2) is 16.9. The van der Waals surface area contributed by atoms with Crippen molar-refractivity contribution >= 4 is 0 Å². The molecule has 0 spiro atoms. The molecule has 0 nitrogen and oxygen atoms in total. The van der Waals surface area contributed by atoms with Gasteiger partial charge in [-0.3, -0.25) is 0 Å². The first-order valence-electron chi connectivity index (χ1n) is 29.2. The van der Waals surface area contributed by atoms with Crippen molar-refractivity contribution in [3.8, 4) is 0 Å². The van der Waals surface area contributed by atoms with Crippen molar-refractivity contribution in [1.82, 2.24) is 0 Å². The lowest BCUT2D eigenvalue weighted by molar-refractivity contribution is -0.617. The molecule has 5 unspecified atom stereocenters. The van der Waals surface area contributed by atoms with Crippen molar-refractivity contribution < 1.29 is 0 Å². The quantitative estimate of drug-likeness (QED) is 0.0735. The van der Waals surface area contributed by atoms with Crippen LogP contribution in [0.15, 0.2) is 0 Å². The summed E-state index contributed by atoms with van der Waals surface area (Å²) >= 11 is 0. The molecule has 0 bridgehead atoms. The predicted molar refractivity (Wildman–Crippen MR) is 270 cm³/mol. The van der Waals surface area contributed by atoms with Gasteiger partial charge in [0.2, 0.25) is 0 Å². The van der Waals surface area contributed by atoms with Gasteiger partial charge in [-0.25, -0.2) is 0 Å². The molecule has 5 atom stereocenters. The van der Waals surface area contributed by atoms with Crippen molar-refractivity contribution in [2.75, 3.05) is 0 Å². The van der Waals surface area contributed by atoms with Gasteiger partial charge in [-0.1, -0.05) is 208 Å². The largest absolute Gasteiger partial charge is 0.0654 e. The van der Waals surface area contributed by atoms with E-state index >= 15 is 0 Å². The van der Waals surface area contributed by atoms with Crippen molar-refractivity contribution in [2.45, 2.75) is 253 Å². The number of hydrogen-bond acceptors (Lipinski definition) is 0. The molecule has 12 fully saturated rings. The monoisotopic (exact) mass is 855 g/mol. The van der Waals surface area contributed by atoms with Crippen LogP contribution < -0.4 is 0 Å². The van der Waals surface area contributed by atoms with Gasteiger partial charge in [0.15, 0.2) is 0 Å². The molecule has 0 aromatic carbocycles. The van der Waals surface area contributed by atoms with Crippen molar-refractivity contribution in [3.05, 3.63) is 0 Å². The summed E-state index contributed by atoms with van der Waals surface area (Å²) in [5.41, 5.74) is 3.62. The Morgan fingerprint density at radius 2 is 0.677 bits per heavy atom. The molecule has 12 saturated carbocycles. The Labute approximate surface area is 389 Å². The lowest BCUT2D eigenvalue weighted by atomic mass is 8.96. The Balaban J connectivity index is 0.000000147. The first kappa shape index (κ1) is 48.5. The minimum absolute atomic E-state index is 0.429. The van der Waals surface area contributed by atoms with Crippen LogP contribution in [0.1, 0.15) is 253 Å². The van der Waals surface area contributed by atoms with Crippen LogP contribution in [0.5, 0.6) is 0 Å². The second-order valence-corrected chi connectivity index (χ2v) is 28.8. The topological polar surface area (TPSA) is 0 Å². The summed E-state index contributed by atoms with van der Waals surface area (Å²) in [4.78, 5) is 0. The molecule has 0 N–H and O–H groups in total. The Kier molecular flexibility index (Phi) is 13.2. The Morgan fingerprint density at radius 3 is 0.984 bits per heavy atom. The maximum atomic E-state index is 2.71. The summed E-state index contributed by atoms with van der Waals surface area (Å²) in [6.45, 7) is 42.7. The van der Waals surface area contributed by atoms with Crippen LogP contribution in [0.3, 0.4) is 0 Å². The van der Waals surface area contributed by atoms with E-state index in [9.17, 15) is 0 Å². The molecule has 12 aliphatic carbocycles. The van der Waals surface area contributed by atoms with E-state index in [1.807, 2.05) is 0 Å². The van der Waals surface area contributed by atoms with E-state index in [4.69, 9.17) is 0 Å². The average molecular weight is 856 g/mol. The molecule has 12 aliphatic rings. The summed E-state index contributed by atoms with van der Waals surface area (Å²) in [6.07, 6.45) is 29.3. The number of rotatable bonds is 28. The third-order valence-corrected chi connectivity index (χ3v) is 26.2. The molecule has 0 saturated heterocycles. The third kappa shape index (κ3) is 6.24. The zero-order valence-corrected chi connectivity index (χ0v) is 45.2. The maximum Gasteiger partial charge on any atom is -0.0193 e. The van der Waals surface area contributed by atoms with E-state index in [1.54, 1.807) is 6.42 Å². The van der Waals surface area contributed by atoms with E-state index in [-0.39, 0.29) is 0 Å². The molecule has 358 valence electrons. The van der Waals surface area contributed by atoms with E-state index in [1.165, 1.54) is 217 Å². The molecule has 0 heterocycles. The molecule has 62 heavy (non-hydrogen) atoms. The SMILES string of the molecule is C12C3C4C1C1C2C3C41.CCCCC(C)(C)C(C)(CCCC(C)C)C(C)(CC)CCCC.CCCCC(C)(C)C(C)(CCCC(C)CC12C3C4C5C3C1C5C42)C(C)(CC)CCCC. The predicted octanol–water partition coefficient (Wildman–Crippen LogP) is 19.0. The van der Waals surface area contributed by atoms with Gasteiger partial charge in [-0.05, 0) is 183 Å². The van der Waals surface area contributed by atoms with E-state index < -0.39 is 0 Å². The van der Waals surface area contributed by atoms with Crippen LogP contribution in [0.4, 0.5) is 0 Å². The van der Waals surface area contributed by atoms with Crippen LogP contribution in [-0.4, -0.2) is 0 Å². The highest BCUT2D eigenvalue weighted by molar-refractivity contribution is 5.50. The summed E-state index contributed by atoms with van der Waals surface area (Å²) in [7, 11) is 0. The Bertz CT molecular complexity index is 1380. The van der Waals surface area contributed by atoms with E-state index in [2.05, 4.69) is 118 Å². The lowest BCUT2D eigenvalue weighted by Gasteiger charge is -3.08. The van der Waals surface area contributed by atoms with Gasteiger partial charge in [-0.15, -0.1) is 0 Å². The smallest absolute Gasteiger partial charge is 0.0193 e. The standard InChI is InChI=1S/C31H54.C23H48.C8H8/c1-9-12-16-28(5,6)30(8,29(7,11-3)17-13-10-2)18-14-15-20(4)19-31-25-22-21-23(25)27(31)24(21)26(22)31;1-10-13-17-21(6,7)23(9,19-15-16-20(4)5)22(8,12-3)18-14-11-2;1-2-5-3(1)7-4(1)6(2)8(5)7/h20-27H,9-19H2,1-8H3;20H,10-19H2,1-9H3;1-8H. The fourth-order valence-electron chi connectivity index (χ4n) is 21.3. The fourth-order valence-corrected chi connectivity index (χ4v) is 21.3. The van der Waals surface area contributed by atoms with Gasteiger partial charge in [0.1, 0.15) is 0 Å². The number of unbranched alkanes of at least 4 members (excludes halogenated alkanes) is 4. The van der Waals surface area contributed by atoms with Crippen LogP contribution >= 0.6 is 0 Å². The molecule has 0 aromatic heterocycles. The number of hydrogen-bond donors (Lipinski definition) is 0. The zero-order chi connectivity index (χ0) is 45.2. The minimum atomic E-state index is 0.429. The molecule has 0 heteroatoms. The summed E-state index contributed by atoms with van der Waals surface area (Å²) < 4.78 is 0. The van der Waals surface area contributed by atoms with Gasteiger partial charge in [0.25, 0.3) is 0 Å². The van der Waals surface area contributed by atoms with Gasteiger partial charge in [0.05, 0.1) is 0 Å². The van der Waals surface area contributed by atoms with Gasteiger partial charge < -0.3 is 0 Å². The molecule has 0 aliphatic heterocycles. The summed E-state index contributed by atoms with van der Waals surface area (Å²) in [5, 5.41) is 0.